The molecule has 0 spiro atoms. The van der Waals surface area contributed by atoms with Gasteiger partial charge in [0.05, 0.1) is 35.1 Å². The minimum Gasteiger partial charge on any atom is -0.373 e. The van der Waals surface area contributed by atoms with Crippen molar-refractivity contribution in [2.45, 2.75) is 32.5 Å². The molecule has 1 aliphatic heterocycles. The zero-order valence-corrected chi connectivity index (χ0v) is 10.8. The summed E-state index contributed by atoms with van der Waals surface area (Å²) in [5.41, 5.74) is 0. The van der Waals surface area contributed by atoms with Gasteiger partial charge in [0.2, 0.25) is 5.91 Å². The van der Waals surface area contributed by atoms with Crippen LogP contribution in [0, 0.1) is 0 Å². The Hall–Kier alpha value is 0.120. The van der Waals surface area contributed by atoms with Crippen molar-refractivity contribution in [3.05, 3.63) is 0 Å². The number of nitrogens with one attached hydrogen (secondary N) is 1. The van der Waals surface area contributed by atoms with Gasteiger partial charge in [-0.25, -0.2) is 0 Å². The van der Waals surface area contributed by atoms with Gasteiger partial charge in [0, 0.05) is 26.1 Å². The average Bonchev–Trinajstić information content (AvgIpc) is 2.12. The molecule has 0 aliphatic carbocycles. The quantitative estimate of drug-likeness (QED) is 0.623. The molecule has 0 radical (unpaired) electrons. The van der Waals surface area contributed by atoms with Gasteiger partial charge in [-0.3, -0.25) is 13.2 Å². The first-order valence-corrected chi connectivity index (χ1v) is 5.97. The molecule has 0 aromatic carbocycles. The zero-order chi connectivity index (χ0) is 10.6. The van der Waals surface area contributed by atoms with Crippen molar-refractivity contribution in [1.82, 2.24) is 8.43 Å². The fourth-order valence-electron chi connectivity index (χ4n) is 1.77. The molecular weight excluding hydrogens is 295 g/mol. The van der Waals surface area contributed by atoms with Gasteiger partial charge in [-0.2, -0.15) is 0 Å². The van der Waals surface area contributed by atoms with Crippen molar-refractivity contribution in [1.29, 1.82) is 0 Å². The van der Waals surface area contributed by atoms with Crippen LogP contribution in [0.2, 0.25) is 0 Å². The molecule has 4 nitrogen and oxygen atoms in total. The average molecular weight is 312 g/mol. The van der Waals surface area contributed by atoms with Crippen LogP contribution in [0.1, 0.15) is 20.3 Å². The molecule has 1 fully saturated rings. The molecule has 2 atom stereocenters. The highest BCUT2D eigenvalue weighted by Gasteiger charge is 2.21. The number of halogens is 1. The number of hydrogen-bond acceptors (Lipinski definition) is 3. The van der Waals surface area contributed by atoms with Crippen molar-refractivity contribution in [3.63, 3.8) is 0 Å². The number of nitrogens with zero attached hydrogens (tertiary/aromatic N) is 1. The maximum absolute atomic E-state index is 11.0. The van der Waals surface area contributed by atoms with Gasteiger partial charge in [-0.1, -0.05) is 0 Å². The standard InChI is InChI=1S/C9H17IN2O2/c1-7-5-12(6-8(2)14-7)4-3-9(13)11-10/h7-8H,3-6H2,1-2H3,(H,11,13). The zero-order valence-electron chi connectivity index (χ0n) is 8.62. The van der Waals surface area contributed by atoms with Crippen LogP contribution in [0.4, 0.5) is 0 Å². The van der Waals surface area contributed by atoms with Crippen LogP contribution in [-0.2, 0) is 9.53 Å². The van der Waals surface area contributed by atoms with Crippen molar-refractivity contribution in [2.24, 2.45) is 0 Å². The Morgan fingerprint density at radius 2 is 2.07 bits per heavy atom. The Morgan fingerprint density at radius 1 is 1.50 bits per heavy atom. The van der Waals surface area contributed by atoms with Crippen LogP contribution in [0.15, 0.2) is 0 Å². The van der Waals surface area contributed by atoms with Gasteiger partial charge in [-0.15, -0.1) is 0 Å². The Kier molecular flexibility index (Phi) is 5.11. The molecular formula is C9H17IN2O2. The summed E-state index contributed by atoms with van der Waals surface area (Å²) in [4.78, 5) is 13.3. The van der Waals surface area contributed by atoms with Gasteiger partial charge in [0.15, 0.2) is 0 Å². The molecule has 1 aliphatic rings. The number of carbonyl (C=O) groups excluding carboxylic acids is 1. The minimum absolute atomic E-state index is 0.0948. The van der Waals surface area contributed by atoms with Crippen molar-refractivity contribution < 1.29 is 9.53 Å². The van der Waals surface area contributed by atoms with E-state index in [4.69, 9.17) is 4.74 Å². The highest BCUT2D eigenvalue weighted by Crippen LogP contribution is 2.10. The van der Waals surface area contributed by atoms with Crippen molar-refractivity contribution >= 4 is 28.8 Å². The Bertz CT molecular complexity index is 191. The number of ether oxygens (including phenoxy) is 1. The Morgan fingerprint density at radius 3 is 2.57 bits per heavy atom. The smallest absolute Gasteiger partial charge is 0.229 e. The van der Waals surface area contributed by atoms with E-state index in [9.17, 15) is 4.79 Å². The Labute approximate surface area is 98.9 Å². The Balaban J connectivity index is 2.26. The molecule has 1 N–H and O–H groups in total. The number of rotatable bonds is 3. The minimum atomic E-state index is 0.0948. The van der Waals surface area contributed by atoms with E-state index in [1.54, 1.807) is 0 Å². The first-order valence-electron chi connectivity index (χ1n) is 4.89. The second-order valence-corrected chi connectivity index (χ2v) is 4.32. The molecule has 0 aromatic rings. The van der Waals surface area contributed by atoms with E-state index >= 15 is 0 Å². The van der Waals surface area contributed by atoms with E-state index in [1.807, 2.05) is 22.9 Å². The topological polar surface area (TPSA) is 41.6 Å². The summed E-state index contributed by atoms with van der Waals surface area (Å²) in [5.74, 6) is 0.0948. The number of hydrogen-bond donors (Lipinski definition) is 1. The molecule has 1 heterocycles. The summed E-state index contributed by atoms with van der Waals surface area (Å²) in [7, 11) is 0. The lowest BCUT2D eigenvalue weighted by Crippen LogP contribution is -2.46. The summed E-state index contributed by atoms with van der Waals surface area (Å²) in [5, 5.41) is 0. The van der Waals surface area contributed by atoms with E-state index in [2.05, 4.69) is 22.3 Å². The summed E-state index contributed by atoms with van der Waals surface area (Å²) in [6.07, 6.45) is 1.13. The molecule has 0 bridgehead atoms. The molecule has 2 unspecified atom stereocenters. The highest BCUT2D eigenvalue weighted by atomic mass is 127. The van der Waals surface area contributed by atoms with Crippen LogP contribution in [0.25, 0.3) is 0 Å². The fourth-order valence-corrected chi connectivity index (χ4v) is 2.04. The molecule has 14 heavy (non-hydrogen) atoms. The third kappa shape index (κ3) is 4.10. The van der Waals surface area contributed by atoms with Gasteiger partial charge < -0.3 is 4.74 Å². The van der Waals surface area contributed by atoms with Crippen LogP contribution in [0.3, 0.4) is 0 Å². The van der Waals surface area contributed by atoms with Crippen LogP contribution in [-0.4, -0.2) is 42.6 Å². The first-order chi connectivity index (χ1) is 6.61. The fraction of sp³-hybridized carbons (Fsp3) is 0.889. The van der Waals surface area contributed by atoms with Crippen molar-refractivity contribution in [2.75, 3.05) is 19.6 Å². The van der Waals surface area contributed by atoms with Crippen molar-refractivity contribution in [3.8, 4) is 0 Å². The lowest BCUT2D eigenvalue weighted by atomic mass is 10.2. The summed E-state index contributed by atoms with van der Waals surface area (Å²) in [6, 6.07) is 0. The molecule has 5 heteroatoms. The largest absolute Gasteiger partial charge is 0.373 e. The van der Waals surface area contributed by atoms with E-state index in [0.717, 1.165) is 19.6 Å². The van der Waals surface area contributed by atoms with E-state index in [0.29, 0.717) is 6.42 Å². The summed E-state index contributed by atoms with van der Waals surface area (Å²) >= 11 is 1.87. The van der Waals surface area contributed by atoms with Crippen LogP contribution in [0.5, 0.6) is 0 Å². The molecule has 0 saturated carbocycles. The maximum Gasteiger partial charge on any atom is 0.229 e. The molecule has 1 rings (SSSR count). The first kappa shape index (κ1) is 12.2. The van der Waals surface area contributed by atoms with Crippen LogP contribution < -0.4 is 3.53 Å². The molecule has 82 valence electrons. The van der Waals surface area contributed by atoms with Gasteiger partial charge >= 0.3 is 0 Å². The third-order valence-electron chi connectivity index (χ3n) is 2.26. The number of morpholine rings is 1. The highest BCUT2D eigenvalue weighted by molar-refractivity contribution is 14.1. The molecule has 1 saturated heterocycles. The SMILES string of the molecule is CC1CN(CCC(=O)NI)CC(C)O1. The third-order valence-corrected chi connectivity index (χ3v) is 2.86. The lowest BCUT2D eigenvalue weighted by Gasteiger charge is -2.35. The maximum atomic E-state index is 11.0. The summed E-state index contributed by atoms with van der Waals surface area (Å²) < 4.78 is 8.21. The monoisotopic (exact) mass is 312 g/mol. The van der Waals surface area contributed by atoms with Crippen LogP contribution >= 0.6 is 22.9 Å². The van der Waals surface area contributed by atoms with E-state index < -0.39 is 0 Å². The number of amides is 1. The predicted molar refractivity (Wildman–Crippen MR) is 63.2 cm³/mol. The molecule has 0 aromatic heterocycles. The normalized spacial score (nSPS) is 28.8. The second kappa shape index (κ2) is 5.87. The number of carbonyl (C=O) groups is 1. The second-order valence-electron chi connectivity index (χ2n) is 3.78. The van der Waals surface area contributed by atoms with Gasteiger partial charge in [0.25, 0.3) is 0 Å². The lowest BCUT2D eigenvalue weighted by molar-refractivity contribution is -0.120. The predicted octanol–water partition coefficient (Wildman–Crippen LogP) is 0.952. The van der Waals surface area contributed by atoms with E-state index in [1.165, 1.54) is 0 Å². The molecule has 1 amide bonds. The van der Waals surface area contributed by atoms with Gasteiger partial charge in [-0.05, 0) is 13.8 Å². The van der Waals surface area contributed by atoms with Gasteiger partial charge in [0.1, 0.15) is 0 Å². The summed E-state index contributed by atoms with van der Waals surface area (Å²) in [6.45, 7) is 6.83. The van der Waals surface area contributed by atoms with E-state index in [-0.39, 0.29) is 18.1 Å².